The van der Waals surface area contributed by atoms with Gasteiger partial charge in [-0.05, 0) is 50.2 Å². The average molecular weight is 422 g/mol. The molecule has 1 aromatic carbocycles. The van der Waals surface area contributed by atoms with Crippen LogP contribution in [0.1, 0.15) is 37.5 Å². The van der Waals surface area contributed by atoms with Gasteiger partial charge in [-0.1, -0.05) is 18.2 Å². The summed E-state index contributed by atoms with van der Waals surface area (Å²) in [6.45, 7) is 0.00361. The highest BCUT2D eigenvalue weighted by molar-refractivity contribution is 7.98. The SMILES string of the molecule is Fc1ccc(-n2c(CN3CCCCC3)nnc2SCc2nccn2C(F)F)cc1. The third-order valence-corrected chi connectivity index (χ3v) is 5.81. The molecule has 0 atom stereocenters. The van der Waals surface area contributed by atoms with E-state index < -0.39 is 6.55 Å². The van der Waals surface area contributed by atoms with Gasteiger partial charge in [0.1, 0.15) is 11.6 Å². The van der Waals surface area contributed by atoms with E-state index in [9.17, 15) is 13.2 Å². The van der Waals surface area contributed by atoms with Gasteiger partial charge in [0.15, 0.2) is 11.0 Å². The van der Waals surface area contributed by atoms with Gasteiger partial charge in [-0.15, -0.1) is 10.2 Å². The monoisotopic (exact) mass is 422 g/mol. The first-order chi connectivity index (χ1) is 14.1. The number of likely N-dealkylation sites (tertiary alicyclic amines) is 1. The van der Waals surface area contributed by atoms with Crippen molar-refractivity contribution in [3.05, 3.63) is 54.1 Å². The van der Waals surface area contributed by atoms with Gasteiger partial charge >= 0.3 is 6.55 Å². The number of imidazole rings is 1. The Kier molecular flexibility index (Phi) is 6.19. The molecule has 0 aliphatic carbocycles. The average Bonchev–Trinajstić information content (AvgIpc) is 3.35. The van der Waals surface area contributed by atoms with Crippen LogP contribution in [0.2, 0.25) is 0 Å². The highest BCUT2D eigenvalue weighted by Gasteiger charge is 2.20. The molecule has 0 unspecified atom stereocenters. The zero-order chi connectivity index (χ0) is 20.2. The Hall–Kier alpha value is -2.33. The van der Waals surface area contributed by atoms with Crippen molar-refractivity contribution in [1.82, 2.24) is 29.2 Å². The molecule has 0 bridgehead atoms. The molecular formula is C19H21F3N6S. The van der Waals surface area contributed by atoms with Crippen molar-refractivity contribution in [2.24, 2.45) is 0 Å². The first kappa shape index (κ1) is 20.0. The molecule has 1 saturated heterocycles. The maximum Gasteiger partial charge on any atom is 0.319 e. The Bertz CT molecular complexity index is 934. The first-order valence-corrected chi connectivity index (χ1v) is 10.5. The molecule has 3 aromatic rings. The molecule has 0 saturated carbocycles. The maximum atomic E-state index is 13.4. The number of hydrogen-bond donors (Lipinski definition) is 0. The van der Waals surface area contributed by atoms with Crippen LogP contribution in [0.3, 0.4) is 0 Å². The standard InChI is InChI=1S/C19H21F3N6S/c20-14-4-6-15(7-5-14)28-16(12-26-9-2-1-3-10-26)24-25-19(28)29-13-17-23-8-11-27(17)18(21)22/h4-8,11,18H,1-3,9-10,12-13H2. The summed E-state index contributed by atoms with van der Waals surface area (Å²) < 4.78 is 42.3. The molecule has 4 rings (SSSR count). The molecule has 0 amide bonds. The minimum Gasteiger partial charge on any atom is -0.296 e. The van der Waals surface area contributed by atoms with Gasteiger partial charge in [-0.2, -0.15) is 8.78 Å². The Balaban J connectivity index is 1.60. The van der Waals surface area contributed by atoms with Gasteiger partial charge < -0.3 is 0 Å². The number of aromatic nitrogens is 5. The quantitative estimate of drug-likeness (QED) is 0.532. The summed E-state index contributed by atoms with van der Waals surface area (Å²) in [5.41, 5.74) is 0.739. The number of hydrogen-bond acceptors (Lipinski definition) is 5. The fraction of sp³-hybridized carbons (Fsp3) is 0.421. The van der Waals surface area contributed by atoms with E-state index in [-0.39, 0.29) is 17.4 Å². The van der Waals surface area contributed by atoms with Gasteiger partial charge in [-0.3, -0.25) is 14.0 Å². The van der Waals surface area contributed by atoms with Gasteiger partial charge in [-0.25, -0.2) is 9.37 Å². The number of rotatable bonds is 7. The molecule has 10 heteroatoms. The molecule has 2 aromatic heterocycles. The second-order valence-corrected chi connectivity index (χ2v) is 7.81. The topological polar surface area (TPSA) is 51.8 Å². The number of alkyl halides is 2. The van der Waals surface area contributed by atoms with Crippen LogP contribution in [0, 0.1) is 5.82 Å². The Morgan fingerprint density at radius 3 is 2.48 bits per heavy atom. The van der Waals surface area contributed by atoms with Crippen LogP contribution >= 0.6 is 11.8 Å². The molecule has 154 valence electrons. The molecule has 0 N–H and O–H groups in total. The van der Waals surface area contributed by atoms with Crippen LogP contribution in [0.15, 0.2) is 41.8 Å². The summed E-state index contributed by atoms with van der Waals surface area (Å²) in [6.07, 6.45) is 6.16. The van der Waals surface area contributed by atoms with E-state index in [2.05, 4.69) is 20.1 Å². The Labute approximate surface area is 170 Å². The van der Waals surface area contributed by atoms with Crippen molar-refractivity contribution in [1.29, 1.82) is 0 Å². The highest BCUT2D eigenvalue weighted by Crippen LogP contribution is 2.27. The van der Waals surface area contributed by atoms with Gasteiger partial charge in [0.2, 0.25) is 0 Å². The van der Waals surface area contributed by atoms with Crippen LogP contribution in [0.4, 0.5) is 13.2 Å². The molecule has 1 aliphatic heterocycles. The van der Waals surface area contributed by atoms with Gasteiger partial charge in [0, 0.05) is 18.1 Å². The number of benzene rings is 1. The van der Waals surface area contributed by atoms with Crippen LogP contribution in [0.25, 0.3) is 5.69 Å². The van der Waals surface area contributed by atoms with E-state index in [0.29, 0.717) is 11.7 Å². The number of nitrogens with zero attached hydrogens (tertiary/aromatic N) is 6. The first-order valence-electron chi connectivity index (χ1n) is 9.47. The van der Waals surface area contributed by atoms with E-state index in [1.54, 1.807) is 12.1 Å². The Morgan fingerprint density at radius 1 is 1.00 bits per heavy atom. The van der Waals surface area contributed by atoms with E-state index in [4.69, 9.17) is 0 Å². The minimum atomic E-state index is -2.64. The molecule has 6 nitrogen and oxygen atoms in total. The zero-order valence-electron chi connectivity index (χ0n) is 15.7. The van der Waals surface area contributed by atoms with Crippen molar-refractivity contribution >= 4 is 11.8 Å². The van der Waals surface area contributed by atoms with Crippen molar-refractivity contribution in [2.75, 3.05) is 13.1 Å². The molecule has 3 heterocycles. The lowest BCUT2D eigenvalue weighted by Gasteiger charge is -2.26. The number of halogens is 3. The van der Waals surface area contributed by atoms with E-state index in [1.807, 2.05) is 4.57 Å². The summed E-state index contributed by atoms with van der Waals surface area (Å²) >= 11 is 1.28. The largest absolute Gasteiger partial charge is 0.319 e. The van der Waals surface area contributed by atoms with Crippen LogP contribution in [-0.2, 0) is 12.3 Å². The predicted molar refractivity (Wildman–Crippen MR) is 103 cm³/mol. The second kappa shape index (κ2) is 9.00. The van der Waals surface area contributed by atoms with E-state index in [1.165, 1.54) is 42.7 Å². The molecular weight excluding hydrogens is 401 g/mol. The molecule has 0 radical (unpaired) electrons. The van der Waals surface area contributed by atoms with Crippen LogP contribution < -0.4 is 0 Å². The normalized spacial score (nSPS) is 15.3. The third-order valence-electron chi connectivity index (χ3n) is 4.89. The number of thioether (sulfide) groups is 1. The summed E-state index contributed by atoms with van der Waals surface area (Å²) in [7, 11) is 0. The number of piperidine rings is 1. The van der Waals surface area contributed by atoms with Gasteiger partial charge in [0.25, 0.3) is 0 Å². The van der Waals surface area contributed by atoms with Crippen LogP contribution in [0.5, 0.6) is 0 Å². The third kappa shape index (κ3) is 4.64. The molecule has 1 aliphatic rings. The lowest BCUT2D eigenvalue weighted by atomic mass is 10.1. The highest BCUT2D eigenvalue weighted by atomic mass is 32.2. The Morgan fingerprint density at radius 2 is 1.76 bits per heavy atom. The van der Waals surface area contributed by atoms with Crippen molar-refractivity contribution in [3.63, 3.8) is 0 Å². The van der Waals surface area contributed by atoms with Crippen molar-refractivity contribution in [2.45, 2.75) is 43.3 Å². The second-order valence-electron chi connectivity index (χ2n) is 6.86. The smallest absolute Gasteiger partial charge is 0.296 e. The fourth-order valence-corrected chi connectivity index (χ4v) is 4.35. The summed E-state index contributed by atoms with van der Waals surface area (Å²) in [5, 5.41) is 9.20. The van der Waals surface area contributed by atoms with E-state index in [0.717, 1.165) is 42.0 Å². The van der Waals surface area contributed by atoms with Crippen LogP contribution in [-0.4, -0.2) is 42.3 Å². The molecule has 1 fully saturated rings. The zero-order valence-corrected chi connectivity index (χ0v) is 16.5. The maximum absolute atomic E-state index is 13.4. The molecule has 29 heavy (non-hydrogen) atoms. The summed E-state index contributed by atoms with van der Waals surface area (Å²) in [6, 6.07) is 6.11. The summed E-state index contributed by atoms with van der Waals surface area (Å²) in [4.78, 5) is 6.34. The summed E-state index contributed by atoms with van der Waals surface area (Å²) in [5.74, 6) is 0.905. The van der Waals surface area contributed by atoms with Crippen molar-refractivity contribution in [3.8, 4) is 5.69 Å². The van der Waals surface area contributed by atoms with Crippen molar-refractivity contribution < 1.29 is 13.2 Å². The molecule has 0 spiro atoms. The van der Waals surface area contributed by atoms with E-state index >= 15 is 0 Å². The lowest BCUT2D eigenvalue weighted by molar-refractivity contribution is 0.0678. The fourth-order valence-electron chi connectivity index (χ4n) is 3.43. The minimum absolute atomic E-state index is 0.223. The lowest BCUT2D eigenvalue weighted by Crippen LogP contribution is -2.30. The predicted octanol–water partition coefficient (Wildman–Crippen LogP) is 4.28. The van der Waals surface area contributed by atoms with Gasteiger partial charge in [0.05, 0.1) is 12.3 Å².